The number of nitrogens with two attached hydrogens (primary N) is 2. The standard InChI is InChI=1S/C12H17FN6O2.C12H16FN5O3.C10H13FN6O4/c1-3-12(6-16-18-15)7(2)9(13)10(21-12)19-5-4-8(14)17-11(19)20;1-3-12(6-15-17-14)7(2)9(13)10(21-12)18-5-4-8(19)16-11(18)20;11-6-7(19)10(4-18,3-14-16-13)21-8(6)17-2-1-5(12)15-9(17)20/h4-5,7,9-10H,3,6H2,1-2H3,(H2,14,17,20);4-5,7,9-10H,3,6H2,1-2H3,(H,16,19,20);1-2,6-8,18-19H,3-4H2,(H2,12,15,20)/t2*7-,9-,10+,12-;6-,7-,8+,10+/m000/s1. The highest BCUT2D eigenvalue weighted by molar-refractivity contribution is 5.24. The van der Waals surface area contributed by atoms with Gasteiger partial charge >= 0.3 is 17.1 Å². The van der Waals surface area contributed by atoms with Crippen LogP contribution >= 0.6 is 0 Å². The number of nitrogens with zero attached hydrogens (tertiary/aromatic N) is 14. The Morgan fingerprint density at radius 3 is 1.48 bits per heavy atom. The van der Waals surface area contributed by atoms with E-state index >= 15 is 0 Å². The second kappa shape index (κ2) is 20.6. The molecule has 3 aliphatic heterocycles. The normalized spacial score (nSPS) is 31.9. The Morgan fingerprint density at radius 1 is 0.714 bits per heavy atom. The fraction of sp³-hybridized carbons (Fsp3) is 0.647. The smallest absolute Gasteiger partial charge is 0.351 e. The highest BCUT2D eigenvalue weighted by Gasteiger charge is 2.56. The SMILES string of the molecule is CC[C@@]1(CN=[N+]=[N-])O[C@@H](n2ccc(=O)[nH]c2=O)[C@@H](F)[C@@H]1C.CC[C@@]1(CN=[N+]=[N-])O[C@@H](n2ccc(N)nc2=O)[C@@H](F)[C@@H]1C.[N-]=[N+]=NC[C@]1(CO)O[C@@H](n2ccc(N)nc2=O)[C@@H](F)[C@@H]1O. The number of hydrogen-bond donors (Lipinski definition) is 5. The van der Waals surface area contributed by atoms with Gasteiger partial charge in [0.05, 0.1) is 37.4 Å². The number of hydrogen-bond acceptors (Lipinski definition) is 16. The van der Waals surface area contributed by atoms with Gasteiger partial charge in [-0.05, 0) is 41.6 Å². The maximum absolute atomic E-state index is 14.6. The van der Waals surface area contributed by atoms with E-state index in [1.807, 2.05) is 6.92 Å². The molecule has 0 aliphatic carbocycles. The molecule has 3 saturated heterocycles. The summed E-state index contributed by atoms with van der Waals surface area (Å²) < 4.78 is 63.0. The topological polar surface area (TPSA) is 391 Å². The van der Waals surface area contributed by atoms with Gasteiger partial charge in [-0.15, -0.1) is 0 Å². The third kappa shape index (κ3) is 10.1. The molecule has 3 aliphatic rings. The Labute approximate surface area is 353 Å². The van der Waals surface area contributed by atoms with E-state index in [4.69, 9.17) is 42.3 Å². The minimum absolute atomic E-state index is 0.00916. The number of azide groups is 3. The molecule has 63 heavy (non-hydrogen) atoms. The van der Waals surface area contributed by atoms with E-state index in [0.29, 0.717) is 12.8 Å². The maximum atomic E-state index is 14.6. The zero-order valence-electron chi connectivity index (χ0n) is 34.2. The average molecular weight is 894 g/mol. The first-order valence-corrected chi connectivity index (χ1v) is 19.1. The van der Waals surface area contributed by atoms with Crippen LogP contribution in [0, 0.1) is 11.8 Å². The molecule has 0 bridgehead atoms. The summed E-state index contributed by atoms with van der Waals surface area (Å²) in [5.74, 6) is -1.07. The number of nitrogen functional groups attached to an aromatic ring is 2. The van der Waals surface area contributed by atoms with E-state index in [1.165, 1.54) is 24.5 Å². The third-order valence-electron chi connectivity index (χ3n) is 11.4. The number of nitrogens with one attached hydrogen (secondary N) is 1. The summed E-state index contributed by atoms with van der Waals surface area (Å²) in [6, 6.07) is 3.79. The van der Waals surface area contributed by atoms with E-state index in [2.05, 4.69) is 45.0 Å². The third-order valence-corrected chi connectivity index (χ3v) is 11.4. The lowest BCUT2D eigenvalue weighted by Gasteiger charge is -2.29. The number of halogens is 3. The van der Waals surface area contributed by atoms with Crippen LogP contribution < -0.4 is 34.1 Å². The van der Waals surface area contributed by atoms with Crippen molar-refractivity contribution in [3.63, 3.8) is 0 Å². The monoisotopic (exact) mass is 893 g/mol. The number of ether oxygens (including phenoxy) is 3. The first-order valence-electron chi connectivity index (χ1n) is 19.1. The summed E-state index contributed by atoms with van der Waals surface area (Å²) in [6.45, 7) is 5.66. The summed E-state index contributed by atoms with van der Waals surface area (Å²) in [7, 11) is 0. The number of aliphatic hydroxyl groups excluding tert-OH is 2. The molecule has 6 heterocycles. The quantitative estimate of drug-likeness (QED) is 0.0992. The second-order valence-electron chi connectivity index (χ2n) is 14.7. The van der Waals surface area contributed by atoms with Crippen molar-refractivity contribution in [2.45, 2.75) is 101 Å². The Balaban J connectivity index is 0.000000207. The largest absolute Gasteiger partial charge is 0.393 e. The van der Waals surface area contributed by atoms with E-state index in [1.54, 1.807) is 20.8 Å². The van der Waals surface area contributed by atoms with Gasteiger partial charge in [0.2, 0.25) is 0 Å². The van der Waals surface area contributed by atoms with Gasteiger partial charge in [0, 0.05) is 51.2 Å². The van der Waals surface area contributed by atoms with Gasteiger partial charge in [-0.1, -0.05) is 43.0 Å². The van der Waals surface area contributed by atoms with E-state index in [0.717, 1.165) is 26.0 Å². The molecule has 3 aromatic heterocycles. The molecule has 6 rings (SSSR count). The van der Waals surface area contributed by atoms with Gasteiger partial charge in [0.25, 0.3) is 5.56 Å². The molecule has 29 heteroatoms. The highest BCUT2D eigenvalue weighted by atomic mass is 19.1. The second-order valence-corrected chi connectivity index (χ2v) is 14.7. The fourth-order valence-electron chi connectivity index (χ4n) is 7.38. The van der Waals surface area contributed by atoms with Crippen molar-refractivity contribution in [2.24, 2.45) is 27.2 Å². The van der Waals surface area contributed by atoms with Crippen LogP contribution in [0.5, 0.6) is 0 Å². The molecule has 342 valence electrons. The van der Waals surface area contributed by atoms with Crippen LogP contribution in [-0.2, 0) is 14.2 Å². The molecule has 0 aromatic carbocycles. The van der Waals surface area contributed by atoms with Crippen molar-refractivity contribution in [3.8, 4) is 0 Å². The van der Waals surface area contributed by atoms with Crippen LogP contribution in [0.25, 0.3) is 31.3 Å². The van der Waals surface area contributed by atoms with Gasteiger partial charge < -0.3 is 35.9 Å². The van der Waals surface area contributed by atoms with Gasteiger partial charge in [0.15, 0.2) is 37.2 Å². The first-order chi connectivity index (χ1) is 29.8. The zero-order chi connectivity index (χ0) is 46.9. The molecule has 3 aromatic rings. The number of alkyl halides is 3. The zero-order valence-corrected chi connectivity index (χ0v) is 34.2. The van der Waals surface area contributed by atoms with Gasteiger partial charge in [-0.25, -0.2) is 27.6 Å². The predicted octanol–water partition coefficient (Wildman–Crippen LogP) is 2.38. The molecular weight excluding hydrogens is 847 g/mol. The van der Waals surface area contributed by atoms with Crippen molar-refractivity contribution in [3.05, 3.63) is 110 Å². The summed E-state index contributed by atoms with van der Waals surface area (Å²) in [5, 5.41) is 29.5. The molecule has 26 nitrogen and oxygen atoms in total. The van der Waals surface area contributed by atoms with E-state index in [9.17, 15) is 42.6 Å². The van der Waals surface area contributed by atoms with Crippen molar-refractivity contribution in [2.75, 3.05) is 37.7 Å². The van der Waals surface area contributed by atoms with Crippen LogP contribution in [0.3, 0.4) is 0 Å². The van der Waals surface area contributed by atoms with Gasteiger partial charge in [0.1, 0.15) is 23.3 Å². The summed E-state index contributed by atoms with van der Waals surface area (Å²) in [6.07, 6.45) is -5.83. The number of H-pyrrole nitrogens is 1. The molecule has 3 fully saturated rings. The number of anilines is 2. The predicted molar refractivity (Wildman–Crippen MR) is 214 cm³/mol. The van der Waals surface area contributed by atoms with Gasteiger partial charge in [-0.2, -0.15) is 9.97 Å². The highest BCUT2D eigenvalue weighted by Crippen LogP contribution is 2.46. The van der Waals surface area contributed by atoms with Gasteiger partial charge in [-0.3, -0.25) is 23.5 Å². The molecular formula is C34H46F3N17O9. The fourth-order valence-corrected chi connectivity index (χ4v) is 7.38. The molecule has 0 amide bonds. The lowest BCUT2D eigenvalue weighted by molar-refractivity contribution is -0.122. The Morgan fingerprint density at radius 2 is 1.10 bits per heavy atom. The van der Waals surface area contributed by atoms with Crippen LogP contribution in [0.1, 0.15) is 59.2 Å². The molecule has 0 saturated carbocycles. The summed E-state index contributed by atoms with van der Waals surface area (Å²) >= 11 is 0. The lowest BCUT2D eigenvalue weighted by atomic mass is 9.85. The Kier molecular flexibility index (Phi) is 16.1. The van der Waals surface area contributed by atoms with Crippen LogP contribution in [0.4, 0.5) is 24.8 Å². The molecule has 12 atom stereocenters. The lowest BCUT2D eigenvalue weighted by Crippen LogP contribution is -2.48. The molecule has 0 unspecified atom stereocenters. The molecule has 0 spiro atoms. The van der Waals surface area contributed by atoms with Crippen molar-refractivity contribution in [1.29, 1.82) is 0 Å². The Bertz CT molecular complexity index is 2360. The number of aromatic amines is 1. The summed E-state index contributed by atoms with van der Waals surface area (Å²) in [4.78, 5) is 63.3. The number of rotatable bonds is 12. The average Bonchev–Trinajstić information content (AvgIpc) is 3.77. The minimum Gasteiger partial charge on any atom is -0.393 e. The van der Waals surface area contributed by atoms with Crippen LogP contribution in [0.15, 0.2) is 71.3 Å². The first kappa shape index (κ1) is 49.2. The van der Waals surface area contributed by atoms with E-state index < -0.39 is 108 Å². The molecule has 7 N–H and O–H groups in total. The van der Waals surface area contributed by atoms with Crippen LogP contribution in [-0.4, -0.2) is 107 Å². The van der Waals surface area contributed by atoms with Crippen molar-refractivity contribution in [1.82, 2.24) is 28.7 Å². The molecule has 0 radical (unpaired) electrons. The Hall–Kier alpha value is -6.44. The number of aliphatic hydroxyl groups is 2. The van der Waals surface area contributed by atoms with Crippen molar-refractivity contribution < 1.29 is 37.6 Å². The minimum atomic E-state index is -2.02. The van der Waals surface area contributed by atoms with Crippen LogP contribution in [0.2, 0.25) is 0 Å². The maximum Gasteiger partial charge on any atom is 0.351 e. The van der Waals surface area contributed by atoms with Crippen molar-refractivity contribution >= 4 is 11.6 Å². The van der Waals surface area contributed by atoms with E-state index in [-0.39, 0.29) is 24.7 Å². The number of aromatic nitrogens is 6. The summed E-state index contributed by atoms with van der Waals surface area (Å²) in [5.41, 5.74) is 29.4.